The molecular weight excluding hydrogens is 321 g/mol. The summed E-state index contributed by atoms with van der Waals surface area (Å²) < 4.78 is 39.5. The Kier molecular flexibility index (Phi) is 4.08. The Bertz CT molecular complexity index is 539. The molecule has 100 valence electrons. The Morgan fingerprint density at radius 1 is 1.33 bits per heavy atom. The van der Waals surface area contributed by atoms with E-state index in [4.69, 9.17) is 0 Å². The molecule has 1 aromatic rings. The predicted molar refractivity (Wildman–Crippen MR) is 71.3 cm³/mol. The molecule has 1 saturated heterocycles. The van der Waals surface area contributed by atoms with Gasteiger partial charge in [0.2, 0.25) is 10.0 Å². The zero-order valence-electron chi connectivity index (χ0n) is 10.1. The Morgan fingerprint density at radius 2 is 1.94 bits per heavy atom. The van der Waals surface area contributed by atoms with E-state index in [1.165, 1.54) is 22.5 Å². The van der Waals surface area contributed by atoms with Crippen LogP contribution in [0.3, 0.4) is 0 Å². The molecule has 1 aliphatic rings. The number of halogens is 2. The number of hydrogen-bond donors (Lipinski definition) is 0. The topological polar surface area (TPSA) is 37.4 Å². The van der Waals surface area contributed by atoms with Gasteiger partial charge in [-0.05, 0) is 52.9 Å². The summed E-state index contributed by atoms with van der Waals surface area (Å²) in [5.41, 5.74) is 0. The van der Waals surface area contributed by atoms with Crippen molar-refractivity contribution in [1.29, 1.82) is 0 Å². The van der Waals surface area contributed by atoms with Gasteiger partial charge in [0, 0.05) is 17.6 Å². The lowest BCUT2D eigenvalue weighted by Crippen LogP contribution is -2.38. The number of benzene rings is 1. The monoisotopic (exact) mass is 335 g/mol. The Morgan fingerprint density at radius 3 is 2.50 bits per heavy atom. The van der Waals surface area contributed by atoms with Crippen molar-refractivity contribution in [2.75, 3.05) is 13.1 Å². The molecule has 0 bridgehead atoms. The van der Waals surface area contributed by atoms with Crippen LogP contribution in [0.2, 0.25) is 0 Å². The standard InChI is InChI=1S/C12H15BrFNO2S/c1-9-4-6-15(7-5-9)18(16,17)12-3-2-10(14)8-11(12)13/h2-3,8-9H,4-7H2,1H3. The second-order valence-electron chi connectivity index (χ2n) is 4.66. The van der Waals surface area contributed by atoms with E-state index in [0.717, 1.165) is 12.8 Å². The van der Waals surface area contributed by atoms with E-state index in [0.29, 0.717) is 19.0 Å². The first-order chi connectivity index (χ1) is 8.41. The van der Waals surface area contributed by atoms with Gasteiger partial charge in [-0.25, -0.2) is 12.8 Å². The summed E-state index contributed by atoms with van der Waals surface area (Å²) in [6.45, 7) is 3.19. The van der Waals surface area contributed by atoms with Crippen molar-refractivity contribution in [2.45, 2.75) is 24.7 Å². The molecule has 0 spiro atoms. The van der Waals surface area contributed by atoms with Crippen molar-refractivity contribution in [3.63, 3.8) is 0 Å². The molecular formula is C12H15BrFNO2S. The average Bonchev–Trinajstić information content (AvgIpc) is 2.29. The summed E-state index contributed by atoms with van der Waals surface area (Å²) >= 11 is 3.12. The van der Waals surface area contributed by atoms with Crippen LogP contribution < -0.4 is 0 Å². The van der Waals surface area contributed by atoms with Crippen molar-refractivity contribution in [3.8, 4) is 0 Å². The number of hydrogen-bond acceptors (Lipinski definition) is 2. The molecule has 1 heterocycles. The van der Waals surface area contributed by atoms with E-state index in [9.17, 15) is 12.8 Å². The number of sulfonamides is 1. The third kappa shape index (κ3) is 2.75. The smallest absolute Gasteiger partial charge is 0.207 e. The van der Waals surface area contributed by atoms with E-state index in [1.54, 1.807) is 0 Å². The van der Waals surface area contributed by atoms with Crippen molar-refractivity contribution >= 4 is 26.0 Å². The zero-order chi connectivity index (χ0) is 13.3. The maximum atomic E-state index is 13.0. The highest BCUT2D eigenvalue weighted by Gasteiger charge is 2.29. The minimum absolute atomic E-state index is 0.137. The third-order valence-corrected chi connectivity index (χ3v) is 6.13. The zero-order valence-corrected chi connectivity index (χ0v) is 12.5. The van der Waals surface area contributed by atoms with Gasteiger partial charge in [-0.3, -0.25) is 0 Å². The van der Waals surface area contributed by atoms with Gasteiger partial charge in [0.05, 0.1) is 4.90 Å². The summed E-state index contributed by atoms with van der Waals surface area (Å²) in [4.78, 5) is 0.137. The molecule has 1 aliphatic heterocycles. The number of piperidine rings is 1. The normalized spacial score (nSPS) is 19.1. The predicted octanol–water partition coefficient (Wildman–Crippen LogP) is 3.01. The molecule has 18 heavy (non-hydrogen) atoms. The summed E-state index contributed by atoms with van der Waals surface area (Å²) in [7, 11) is -3.51. The minimum Gasteiger partial charge on any atom is -0.207 e. The Labute approximate surface area is 115 Å². The van der Waals surface area contributed by atoms with Gasteiger partial charge in [0.15, 0.2) is 0 Å². The van der Waals surface area contributed by atoms with E-state index in [1.807, 2.05) is 0 Å². The fourth-order valence-electron chi connectivity index (χ4n) is 2.05. The van der Waals surface area contributed by atoms with Crippen LogP contribution in [0, 0.1) is 11.7 Å². The lowest BCUT2D eigenvalue weighted by Gasteiger charge is -2.29. The molecule has 0 aromatic heterocycles. The van der Waals surface area contributed by atoms with E-state index in [2.05, 4.69) is 22.9 Å². The SMILES string of the molecule is CC1CCN(S(=O)(=O)c2ccc(F)cc2Br)CC1. The highest BCUT2D eigenvalue weighted by atomic mass is 79.9. The maximum absolute atomic E-state index is 13.0. The van der Waals surface area contributed by atoms with Crippen LogP contribution in [-0.4, -0.2) is 25.8 Å². The molecule has 1 fully saturated rings. The third-order valence-electron chi connectivity index (χ3n) is 3.25. The summed E-state index contributed by atoms with van der Waals surface area (Å²) in [5.74, 6) is 0.112. The molecule has 0 radical (unpaired) electrons. The van der Waals surface area contributed by atoms with E-state index >= 15 is 0 Å². The van der Waals surface area contributed by atoms with Gasteiger partial charge in [0.1, 0.15) is 5.82 Å². The van der Waals surface area contributed by atoms with Crippen LogP contribution in [0.25, 0.3) is 0 Å². The minimum atomic E-state index is -3.51. The van der Waals surface area contributed by atoms with Crippen molar-refractivity contribution in [1.82, 2.24) is 4.31 Å². The van der Waals surface area contributed by atoms with Crippen LogP contribution in [0.1, 0.15) is 19.8 Å². The van der Waals surface area contributed by atoms with Crippen LogP contribution in [0.5, 0.6) is 0 Å². The summed E-state index contributed by atoms with van der Waals surface area (Å²) in [6, 6.07) is 3.66. The fourth-order valence-corrected chi connectivity index (χ4v) is 4.53. The highest BCUT2D eigenvalue weighted by molar-refractivity contribution is 9.10. The second-order valence-corrected chi connectivity index (χ2v) is 7.42. The molecule has 0 amide bonds. The highest BCUT2D eigenvalue weighted by Crippen LogP contribution is 2.28. The molecule has 0 N–H and O–H groups in total. The van der Waals surface area contributed by atoms with E-state index in [-0.39, 0.29) is 9.37 Å². The molecule has 6 heteroatoms. The van der Waals surface area contributed by atoms with Crippen LogP contribution in [0.15, 0.2) is 27.6 Å². The first kappa shape index (κ1) is 14.0. The summed E-state index contributed by atoms with van der Waals surface area (Å²) in [5, 5.41) is 0. The average molecular weight is 336 g/mol. The van der Waals surface area contributed by atoms with Gasteiger partial charge < -0.3 is 0 Å². The van der Waals surface area contributed by atoms with Gasteiger partial charge in [-0.15, -0.1) is 0 Å². The molecule has 0 aliphatic carbocycles. The first-order valence-electron chi connectivity index (χ1n) is 5.86. The van der Waals surface area contributed by atoms with Crippen molar-refractivity contribution < 1.29 is 12.8 Å². The number of nitrogens with zero attached hydrogens (tertiary/aromatic N) is 1. The molecule has 0 atom stereocenters. The van der Waals surface area contributed by atoms with Gasteiger partial charge in [0.25, 0.3) is 0 Å². The van der Waals surface area contributed by atoms with Crippen LogP contribution >= 0.6 is 15.9 Å². The fraction of sp³-hybridized carbons (Fsp3) is 0.500. The second kappa shape index (κ2) is 5.27. The maximum Gasteiger partial charge on any atom is 0.244 e. The quantitative estimate of drug-likeness (QED) is 0.833. The molecule has 2 rings (SSSR count). The lowest BCUT2D eigenvalue weighted by atomic mass is 10.0. The largest absolute Gasteiger partial charge is 0.244 e. The van der Waals surface area contributed by atoms with E-state index < -0.39 is 15.8 Å². The van der Waals surface area contributed by atoms with Gasteiger partial charge >= 0.3 is 0 Å². The Hall–Kier alpha value is -0.460. The van der Waals surface area contributed by atoms with Crippen molar-refractivity contribution in [3.05, 3.63) is 28.5 Å². The molecule has 1 aromatic carbocycles. The lowest BCUT2D eigenvalue weighted by molar-refractivity contribution is 0.288. The van der Waals surface area contributed by atoms with Crippen LogP contribution in [-0.2, 0) is 10.0 Å². The summed E-state index contributed by atoms with van der Waals surface area (Å²) in [6.07, 6.45) is 1.75. The first-order valence-corrected chi connectivity index (χ1v) is 8.10. The molecule has 3 nitrogen and oxygen atoms in total. The molecule has 0 saturated carbocycles. The Balaban J connectivity index is 2.30. The van der Waals surface area contributed by atoms with Crippen molar-refractivity contribution in [2.24, 2.45) is 5.92 Å². The number of rotatable bonds is 2. The van der Waals surface area contributed by atoms with Crippen LogP contribution in [0.4, 0.5) is 4.39 Å². The molecule has 0 unspecified atom stereocenters. The van der Waals surface area contributed by atoms with Gasteiger partial charge in [-0.1, -0.05) is 6.92 Å². The van der Waals surface area contributed by atoms with Gasteiger partial charge in [-0.2, -0.15) is 4.31 Å².